The van der Waals surface area contributed by atoms with Crippen molar-refractivity contribution < 1.29 is 9.59 Å². The molecule has 0 aromatic heterocycles. The summed E-state index contributed by atoms with van der Waals surface area (Å²) in [7, 11) is 0. The first-order chi connectivity index (χ1) is 11.7. The number of nitrogens with one attached hydrogen (secondary N) is 1. The lowest BCUT2D eigenvalue weighted by atomic mass is 10.1. The zero-order valence-corrected chi connectivity index (χ0v) is 13.1. The largest absolute Gasteiger partial charge is 0.326 e. The first kappa shape index (κ1) is 15.8. The number of carbonyl (C=O) groups is 2. The Morgan fingerprint density at radius 2 is 1.71 bits per heavy atom. The number of aryl methyl sites for hydroxylation is 1. The van der Waals surface area contributed by atoms with Crippen molar-refractivity contribution in [3.8, 4) is 6.07 Å². The van der Waals surface area contributed by atoms with E-state index in [0.717, 1.165) is 17.5 Å². The van der Waals surface area contributed by atoms with E-state index in [9.17, 15) is 9.59 Å². The number of hydrogen-bond donors (Lipinski definition) is 1. The van der Waals surface area contributed by atoms with Crippen LogP contribution >= 0.6 is 0 Å². The van der Waals surface area contributed by atoms with E-state index in [2.05, 4.69) is 5.32 Å². The van der Waals surface area contributed by atoms with Crippen molar-refractivity contribution in [3.05, 3.63) is 71.3 Å². The Hall–Kier alpha value is -3.13. The maximum absolute atomic E-state index is 12.5. The molecule has 0 unspecified atom stereocenters. The molecule has 1 saturated heterocycles. The van der Waals surface area contributed by atoms with E-state index in [0.29, 0.717) is 12.0 Å². The molecule has 0 saturated carbocycles. The Morgan fingerprint density at radius 3 is 2.38 bits per heavy atom. The van der Waals surface area contributed by atoms with Gasteiger partial charge in [-0.05, 0) is 36.1 Å². The summed E-state index contributed by atoms with van der Waals surface area (Å²) in [5, 5.41) is 11.6. The van der Waals surface area contributed by atoms with E-state index < -0.39 is 6.04 Å². The molecule has 1 aliphatic rings. The number of rotatable bonds is 5. The highest BCUT2D eigenvalue weighted by Gasteiger charge is 2.37. The van der Waals surface area contributed by atoms with Gasteiger partial charge in [0.25, 0.3) is 5.91 Å². The Labute approximate surface area is 140 Å². The molecule has 3 rings (SSSR count). The van der Waals surface area contributed by atoms with Crippen molar-refractivity contribution in [1.82, 2.24) is 10.2 Å². The first-order valence-corrected chi connectivity index (χ1v) is 7.82. The molecule has 2 aromatic carbocycles. The Balaban J connectivity index is 1.62. The Kier molecular flexibility index (Phi) is 4.57. The summed E-state index contributed by atoms with van der Waals surface area (Å²) in [4.78, 5) is 25.8. The Bertz CT molecular complexity index is 779. The van der Waals surface area contributed by atoms with Crippen LogP contribution in [0.15, 0.2) is 54.6 Å². The molecule has 0 bridgehead atoms. The van der Waals surface area contributed by atoms with Crippen LogP contribution in [0.2, 0.25) is 0 Å². The summed E-state index contributed by atoms with van der Waals surface area (Å²) in [6.45, 7) is 0.220. The highest BCUT2D eigenvalue weighted by atomic mass is 16.2. The summed E-state index contributed by atoms with van der Waals surface area (Å²) in [5.74, 6) is -0.194. The fourth-order valence-corrected chi connectivity index (χ4v) is 2.75. The predicted octanol–water partition coefficient (Wildman–Crippen LogP) is 2.61. The molecule has 1 N–H and O–H groups in total. The average molecular weight is 319 g/mol. The van der Waals surface area contributed by atoms with E-state index in [4.69, 9.17) is 5.26 Å². The molecule has 2 aromatic rings. The van der Waals surface area contributed by atoms with Gasteiger partial charge in [0.15, 0.2) is 0 Å². The van der Waals surface area contributed by atoms with Crippen LogP contribution in [0.25, 0.3) is 0 Å². The lowest BCUT2D eigenvalue weighted by Crippen LogP contribution is -2.31. The standard InChI is InChI=1S/C19H17N3O2/c20-12-15-6-8-16(9-7-15)13-22-18(23)17(21-19(22)24)11-10-14-4-2-1-3-5-14/h1-9,17H,10-11,13H2,(H,21,24)/t17-/m1/s1. The number of hydrogen-bond acceptors (Lipinski definition) is 3. The number of urea groups is 1. The predicted molar refractivity (Wildman–Crippen MR) is 88.8 cm³/mol. The third-order valence-corrected chi connectivity index (χ3v) is 4.10. The average Bonchev–Trinajstić information content (AvgIpc) is 2.89. The highest BCUT2D eigenvalue weighted by molar-refractivity contribution is 6.04. The fraction of sp³-hybridized carbons (Fsp3) is 0.211. The summed E-state index contributed by atoms with van der Waals surface area (Å²) in [5.41, 5.74) is 2.52. The summed E-state index contributed by atoms with van der Waals surface area (Å²) < 4.78 is 0. The highest BCUT2D eigenvalue weighted by Crippen LogP contribution is 2.16. The van der Waals surface area contributed by atoms with Gasteiger partial charge in [0.05, 0.1) is 18.2 Å². The van der Waals surface area contributed by atoms with Crippen LogP contribution in [-0.2, 0) is 17.8 Å². The van der Waals surface area contributed by atoms with Gasteiger partial charge >= 0.3 is 6.03 Å². The lowest BCUT2D eigenvalue weighted by molar-refractivity contribution is -0.128. The van der Waals surface area contributed by atoms with Crippen LogP contribution in [0.3, 0.4) is 0 Å². The Morgan fingerprint density at radius 1 is 1.00 bits per heavy atom. The number of amides is 3. The number of carbonyl (C=O) groups excluding carboxylic acids is 2. The van der Waals surface area contributed by atoms with Crippen LogP contribution in [0.5, 0.6) is 0 Å². The zero-order valence-electron chi connectivity index (χ0n) is 13.1. The molecule has 0 radical (unpaired) electrons. The zero-order chi connectivity index (χ0) is 16.9. The summed E-state index contributed by atoms with van der Waals surface area (Å²) in [6.07, 6.45) is 1.32. The molecule has 1 aliphatic heterocycles. The van der Waals surface area contributed by atoms with E-state index in [1.807, 2.05) is 36.4 Å². The smallest absolute Gasteiger partial charge is 0.325 e. The van der Waals surface area contributed by atoms with Gasteiger partial charge in [-0.25, -0.2) is 4.79 Å². The second kappa shape index (κ2) is 6.97. The molecule has 1 atom stereocenters. The van der Waals surface area contributed by atoms with E-state index in [1.165, 1.54) is 4.90 Å². The lowest BCUT2D eigenvalue weighted by Gasteiger charge is -2.13. The van der Waals surface area contributed by atoms with Crippen LogP contribution in [0.4, 0.5) is 4.79 Å². The van der Waals surface area contributed by atoms with Crippen LogP contribution in [-0.4, -0.2) is 22.9 Å². The minimum atomic E-state index is -0.476. The SMILES string of the molecule is N#Cc1ccc(CN2C(=O)N[C@H](CCc3ccccc3)C2=O)cc1. The topological polar surface area (TPSA) is 73.2 Å². The minimum Gasteiger partial charge on any atom is -0.326 e. The monoisotopic (exact) mass is 319 g/mol. The number of nitriles is 1. The number of imide groups is 1. The third kappa shape index (κ3) is 3.44. The fourth-order valence-electron chi connectivity index (χ4n) is 2.75. The first-order valence-electron chi connectivity index (χ1n) is 7.82. The molecule has 3 amide bonds. The summed E-state index contributed by atoms with van der Waals surface area (Å²) in [6, 6.07) is 18.0. The van der Waals surface area contributed by atoms with Gasteiger partial charge in [-0.2, -0.15) is 5.26 Å². The number of nitrogens with zero attached hydrogens (tertiary/aromatic N) is 2. The molecular formula is C19H17N3O2. The molecule has 24 heavy (non-hydrogen) atoms. The van der Waals surface area contributed by atoms with Crippen molar-refractivity contribution in [2.24, 2.45) is 0 Å². The quantitative estimate of drug-likeness (QED) is 0.861. The molecule has 1 fully saturated rings. The summed E-state index contributed by atoms with van der Waals surface area (Å²) >= 11 is 0. The van der Waals surface area contributed by atoms with Crippen LogP contribution in [0, 0.1) is 11.3 Å². The van der Waals surface area contributed by atoms with Crippen molar-refractivity contribution in [2.75, 3.05) is 0 Å². The van der Waals surface area contributed by atoms with Gasteiger partial charge in [0.1, 0.15) is 6.04 Å². The van der Waals surface area contributed by atoms with Crippen molar-refractivity contribution in [1.29, 1.82) is 5.26 Å². The third-order valence-electron chi connectivity index (χ3n) is 4.10. The molecular weight excluding hydrogens is 302 g/mol. The van der Waals surface area contributed by atoms with Crippen molar-refractivity contribution in [3.63, 3.8) is 0 Å². The molecule has 5 nitrogen and oxygen atoms in total. The van der Waals surface area contributed by atoms with Crippen LogP contribution in [0.1, 0.15) is 23.1 Å². The van der Waals surface area contributed by atoms with Gasteiger partial charge in [0.2, 0.25) is 0 Å². The molecule has 0 aliphatic carbocycles. The maximum Gasteiger partial charge on any atom is 0.325 e. The van der Waals surface area contributed by atoms with Crippen molar-refractivity contribution in [2.45, 2.75) is 25.4 Å². The van der Waals surface area contributed by atoms with Gasteiger partial charge in [-0.15, -0.1) is 0 Å². The normalized spacial score (nSPS) is 16.8. The molecule has 1 heterocycles. The maximum atomic E-state index is 12.5. The van der Waals surface area contributed by atoms with Gasteiger partial charge in [0, 0.05) is 0 Å². The molecule has 120 valence electrons. The van der Waals surface area contributed by atoms with Crippen LogP contribution < -0.4 is 5.32 Å². The van der Waals surface area contributed by atoms with Crippen molar-refractivity contribution >= 4 is 11.9 Å². The second-order valence-electron chi connectivity index (χ2n) is 5.76. The minimum absolute atomic E-state index is 0.194. The van der Waals surface area contributed by atoms with E-state index >= 15 is 0 Å². The van der Waals surface area contributed by atoms with E-state index in [1.54, 1.807) is 24.3 Å². The van der Waals surface area contributed by atoms with Gasteiger partial charge in [-0.1, -0.05) is 42.5 Å². The van der Waals surface area contributed by atoms with Gasteiger partial charge in [-0.3, -0.25) is 9.69 Å². The molecule has 0 spiro atoms. The number of benzene rings is 2. The van der Waals surface area contributed by atoms with Gasteiger partial charge < -0.3 is 5.32 Å². The van der Waals surface area contributed by atoms with E-state index in [-0.39, 0.29) is 18.5 Å². The molecule has 5 heteroatoms. The second-order valence-corrected chi connectivity index (χ2v) is 5.76.